The van der Waals surface area contributed by atoms with Crippen molar-refractivity contribution in [3.63, 3.8) is 0 Å². The Morgan fingerprint density at radius 3 is 2.81 bits per heavy atom. The average molecular weight is 221 g/mol. The van der Waals surface area contributed by atoms with Crippen molar-refractivity contribution >= 4 is 6.29 Å². The van der Waals surface area contributed by atoms with Crippen molar-refractivity contribution in [2.24, 2.45) is 5.92 Å². The highest BCUT2D eigenvalue weighted by Crippen LogP contribution is 2.32. The molecule has 3 heteroatoms. The first-order valence-corrected chi connectivity index (χ1v) is 5.71. The van der Waals surface area contributed by atoms with Gasteiger partial charge in [0.15, 0.2) is 0 Å². The van der Waals surface area contributed by atoms with Gasteiger partial charge in [0.2, 0.25) is 0 Å². The third kappa shape index (κ3) is 2.47. The van der Waals surface area contributed by atoms with Gasteiger partial charge < -0.3 is 5.32 Å². The van der Waals surface area contributed by atoms with Gasteiger partial charge in [-0.1, -0.05) is 18.2 Å². The topological polar surface area (TPSA) is 29.1 Å². The fraction of sp³-hybridized carbons (Fsp3) is 0.462. The number of piperidine rings is 1. The maximum atomic E-state index is 14.2. The van der Waals surface area contributed by atoms with E-state index in [0.717, 1.165) is 32.2 Å². The van der Waals surface area contributed by atoms with Crippen molar-refractivity contribution < 1.29 is 9.18 Å². The lowest BCUT2D eigenvalue weighted by atomic mass is 9.89. The van der Waals surface area contributed by atoms with Gasteiger partial charge >= 0.3 is 0 Å². The molecule has 1 unspecified atom stereocenters. The number of benzene rings is 1. The van der Waals surface area contributed by atoms with Gasteiger partial charge in [-0.3, -0.25) is 4.79 Å². The molecule has 16 heavy (non-hydrogen) atoms. The molecule has 1 fully saturated rings. The highest BCUT2D eigenvalue weighted by atomic mass is 19.1. The fourth-order valence-electron chi connectivity index (χ4n) is 2.21. The Morgan fingerprint density at radius 2 is 2.12 bits per heavy atom. The molecule has 1 N–H and O–H groups in total. The largest absolute Gasteiger partial charge is 0.317 e. The molecule has 0 aromatic heterocycles. The predicted octanol–water partition coefficient (Wildman–Crippen LogP) is 2.51. The zero-order valence-corrected chi connectivity index (χ0v) is 9.16. The monoisotopic (exact) mass is 221 g/mol. The molecule has 1 heterocycles. The summed E-state index contributed by atoms with van der Waals surface area (Å²) in [4.78, 5) is 10.6. The highest BCUT2D eigenvalue weighted by Gasteiger charge is 2.24. The molecule has 1 aliphatic rings. The van der Waals surface area contributed by atoms with Gasteiger partial charge in [-0.25, -0.2) is 4.39 Å². The van der Waals surface area contributed by atoms with Crippen LogP contribution in [0.3, 0.4) is 0 Å². The minimum absolute atomic E-state index is 0.0863. The van der Waals surface area contributed by atoms with Gasteiger partial charge in [0, 0.05) is 5.56 Å². The van der Waals surface area contributed by atoms with E-state index < -0.39 is 6.17 Å². The van der Waals surface area contributed by atoms with Gasteiger partial charge in [0.25, 0.3) is 0 Å². The SMILES string of the molecule is O=Cc1cccc(C(F)C2CCNCC2)c1. The lowest BCUT2D eigenvalue weighted by molar-refractivity contribution is 0.112. The Hall–Kier alpha value is -1.22. The van der Waals surface area contributed by atoms with Crippen molar-refractivity contribution in [1.29, 1.82) is 0 Å². The quantitative estimate of drug-likeness (QED) is 0.794. The number of halogens is 1. The van der Waals surface area contributed by atoms with E-state index in [1.54, 1.807) is 24.3 Å². The lowest BCUT2D eigenvalue weighted by Gasteiger charge is -2.26. The average Bonchev–Trinajstić information content (AvgIpc) is 2.39. The molecule has 1 aromatic carbocycles. The Bertz CT molecular complexity index is 361. The van der Waals surface area contributed by atoms with E-state index in [4.69, 9.17) is 0 Å². The van der Waals surface area contributed by atoms with E-state index in [0.29, 0.717) is 11.1 Å². The molecule has 0 amide bonds. The van der Waals surface area contributed by atoms with Crippen LogP contribution in [0.1, 0.15) is 34.9 Å². The molecule has 1 aliphatic heterocycles. The summed E-state index contributed by atoms with van der Waals surface area (Å²) < 4.78 is 14.2. The number of aldehydes is 1. The summed E-state index contributed by atoms with van der Waals surface area (Å²) in [5.74, 6) is 0.0863. The molecule has 86 valence electrons. The van der Waals surface area contributed by atoms with Gasteiger partial charge in [-0.05, 0) is 43.5 Å². The van der Waals surface area contributed by atoms with Crippen LogP contribution in [0.15, 0.2) is 24.3 Å². The van der Waals surface area contributed by atoms with Gasteiger partial charge in [0.1, 0.15) is 12.5 Å². The highest BCUT2D eigenvalue weighted by molar-refractivity contribution is 5.74. The molecular formula is C13H16FNO. The number of hydrogen-bond acceptors (Lipinski definition) is 2. The third-order valence-electron chi connectivity index (χ3n) is 3.16. The molecular weight excluding hydrogens is 205 g/mol. The number of rotatable bonds is 3. The van der Waals surface area contributed by atoms with Crippen molar-refractivity contribution in [1.82, 2.24) is 5.32 Å². The van der Waals surface area contributed by atoms with E-state index in [2.05, 4.69) is 5.32 Å². The first kappa shape index (κ1) is 11.3. The maximum Gasteiger partial charge on any atom is 0.150 e. The molecule has 1 aromatic rings. The summed E-state index contributed by atoms with van der Waals surface area (Å²) in [6, 6.07) is 6.86. The zero-order chi connectivity index (χ0) is 11.4. The van der Waals surface area contributed by atoms with Crippen LogP contribution in [0.25, 0.3) is 0 Å². The van der Waals surface area contributed by atoms with Gasteiger partial charge in [0.05, 0.1) is 0 Å². The summed E-state index contributed by atoms with van der Waals surface area (Å²) in [5.41, 5.74) is 1.19. The van der Waals surface area contributed by atoms with E-state index in [1.165, 1.54) is 0 Å². The summed E-state index contributed by atoms with van der Waals surface area (Å²) in [6.45, 7) is 1.77. The van der Waals surface area contributed by atoms with E-state index in [9.17, 15) is 9.18 Å². The normalized spacial score (nSPS) is 19.3. The van der Waals surface area contributed by atoms with E-state index in [-0.39, 0.29) is 5.92 Å². The Labute approximate surface area is 94.9 Å². The van der Waals surface area contributed by atoms with Crippen LogP contribution in [0.2, 0.25) is 0 Å². The van der Waals surface area contributed by atoms with E-state index >= 15 is 0 Å². The summed E-state index contributed by atoms with van der Waals surface area (Å²) in [6.07, 6.45) is 1.56. The number of alkyl halides is 1. The molecule has 0 radical (unpaired) electrons. The summed E-state index contributed by atoms with van der Waals surface area (Å²) in [5, 5.41) is 3.22. The van der Waals surface area contributed by atoms with Crippen LogP contribution < -0.4 is 5.32 Å². The lowest BCUT2D eigenvalue weighted by Crippen LogP contribution is -2.29. The van der Waals surface area contributed by atoms with Crippen LogP contribution in [-0.4, -0.2) is 19.4 Å². The molecule has 2 nitrogen and oxygen atoms in total. The minimum Gasteiger partial charge on any atom is -0.317 e. The van der Waals surface area contributed by atoms with Gasteiger partial charge in [-0.15, -0.1) is 0 Å². The Kier molecular flexibility index (Phi) is 3.67. The third-order valence-corrected chi connectivity index (χ3v) is 3.16. The second-order valence-corrected chi connectivity index (χ2v) is 4.28. The summed E-state index contributed by atoms with van der Waals surface area (Å²) in [7, 11) is 0. The van der Waals surface area contributed by atoms with Crippen molar-refractivity contribution in [3.05, 3.63) is 35.4 Å². The number of nitrogens with one attached hydrogen (secondary N) is 1. The molecule has 1 atom stereocenters. The van der Waals surface area contributed by atoms with Crippen LogP contribution in [0.4, 0.5) is 4.39 Å². The fourth-order valence-corrected chi connectivity index (χ4v) is 2.21. The smallest absolute Gasteiger partial charge is 0.150 e. The molecule has 0 aliphatic carbocycles. The molecule has 0 saturated carbocycles. The number of hydrogen-bond donors (Lipinski definition) is 1. The first-order valence-electron chi connectivity index (χ1n) is 5.71. The molecule has 0 spiro atoms. The second-order valence-electron chi connectivity index (χ2n) is 4.28. The second kappa shape index (κ2) is 5.21. The van der Waals surface area contributed by atoms with Crippen LogP contribution in [0, 0.1) is 5.92 Å². The van der Waals surface area contributed by atoms with Crippen molar-refractivity contribution in [2.75, 3.05) is 13.1 Å². The molecule has 1 saturated heterocycles. The standard InChI is InChI=1S/C13H16FNO/c14-13(11-4-6-15-7-5-11)12-3-1-2-10(8-12)9-16/h1-3,8-9,11,13,15H,4-7H2. The van der Waals surface area contributed by atoms with E-state index in [1.807, 2.05) is 0 Å². The Balaban J connectivity index is 2.12. The Morgan fingerprint density at radius 1 is 1.38 bits per heavy atom. The first-order chi connectivity index (χ1) is 7.81. The minimum atomic E-state index is -0.943. The van der Waals surface area contributed by atoms with Gasteiger partial charge in [-0.2, -0.15) is 0 Å². The summed E-state index contributed by atoms with van der Waals surface area (Å²) >= 11 is 0. The van der Waals surface area contributed by atoms with Crippen molar-refractivity contribution in [3.8, 4) is 0 Å². The maximum absolute atomic E-state index is 14.2. The van der Waals surface area contributed by atoms with Crippen molar-refractivity contribution in [2.45, 2.75) is 19.0 Å². The molecule has 0 bridgehead atoms. The van der Waals surface area contributed by atoms with Crippen LogP contribution >= 0.6 is 0 Å². The van der Waals surface area contributed by atoms with Crippen LogP contribution in [-0.2, 0) is 0 Å². The number of carbonyl (C=O) groups excluding carboxylic acids is 1. The zero-order valence-electron chi connectivity index (χ0n) is 9.16. The predicted molar refractivity (Wildman–Crippen MR) is 61.3 cm³/mol. The number of carbonyl (C=O) groups is 1. The van der Waals surface area contributed by atoms with Crippen LogP contribution in [0.5, 0.6) is 0 Å². The molecule has 2 rings (SSSR count).